The van der Waals surface area contributed by atoms with Crippen LogP contribution in [0.2, 0.25) is 0 Å². The summed E-state index contributed by atoms with van der Waals surface area (Å²) in [6.45, 7) is 8.80. The maximum Gasteiger partial charge on any atom is 0.0898 e. The predicted octanol–water partition coefficient (Wildman–Crippen LogP) is 2.57. The van der Waals surface area contributed by atoms with E-state index in [4.69, 9.17) is 5.73 Å². The SMILES string of the molecule is CCC1CN(C(C)c2csc(C)n2)CCC1N. The highest BCUT2D eigenvalue weighted by Crippen LogP contribution is 2.27. The molecule has 0 aliphatic carbocycles. The van der Waals surface area contributed by atoms with Crippen LogP contribution in [-0.4, -0.2) is 29.0 Å². The van der Waals surface area contributed by atoms with Crippen LogP contribution in [0.15, 0.2) is 5.38 Å². The molecular formula is C13H23N3S. The minimum Gasteiger partial charge on any atom is -0.327 e. The summed E-state index contributed by atoms with van der Waals surface area (Å²) in [4.78, 5) is 7.14. The molecule has 3 unspecified atom stereocenters. The molecule has 96 valence electrons. The first kappa shape index (κ1) is 13.0. The van der Waals surface area contributed by atoms with Crippen molar-refractivity contribution in [2.24, 2.45) is 11.7 Å². The third-order valence-corrected chi connectivity index (χ3v) is 4.75. The van der Waals surface area contributed by atoms with Gasteiger partial charge in [-0.05, 0) is 26.2 Å². The number of aromatic nitrogens is 1. The Labute approximate surface area is 108 Å². The van der Waals surface area contributed by atoms with Crippen LogP contribution in [0.5, 0.6) is 0 Å². The lowest BCUT2D eigenvalue weighted by molar-refractivity contribution is 0.112. The minimum absolute atomic E-state index is 0.389. The van der Waals surface area contributed by atoms with Crippen molar-refractivity contribution >= 4 is 11.3 Å². The van der Waals surface area contributed by atoms with E-state index in [0.29, 0.717) is 18.0 Å². The van der Waals surface area contributed by atoms with E-state index in [9.17, 15) is 0 Å². The van der Waals surface area contributed by atoms with Crippen molar-refractivity contribution in [2.45, 2.75) is 45.7 Å². The van der Waals surface area contributed by atoms with Crippen molar-refractivity contribution in [2.75, 3.05) is 13.1 Å². The van der Waals surface area contributed by atoms with Crippen LogP contribution in [0.25, 0.3) is 0 Å². The summed E-state index contributed by atoms with van der Waals surface area (Å²) >= 11 is 1.74. The first-order valence-corrected chi connectivity index (χ1v) is 7.41. The molecule has 1 aromatic rings. The molecule has 17 heavy (non-hydrogen) atoms. The van der Waals surface area contributed by atoms with Crippen LogP contribution in [0.3, 0.4) is 0 Å². The molecule has 2 heterocycles. The van der Waals surface area contributed by atoms with Crippen LogP contribution < -0.4 is 5.73 Å². The molecule has 3 atom stereocenters. The molecule has 1 fully saturated rings. The third kappa shape index (κ3) is 2.87. The number of nitrogens with two attached hydrogens (primary N) is 1. The fourth-order valence-electron chi connectivity index (χ4n) is 2.62. The van der Waals surface area contributed by atoms with Gasteiger partial charge in [-0.1, -0.05) is 13.3 Å². The lowest BCUT2D eigenvalue weighted by atomic mass is 9.90. The van der Waals surface area contributed by atoms with Gasteiger partial charge in [0.25, 0.3) is 0 Å². The van der Waals surface area contributed by atoms with Gasteiger partial charge in [0, 0.05) is 24.5 Å². The van der Waals surface area contributed by atoms with Gasteiger partial charge in [-0.15, -0.1) is 11.3 Å². The standard InChI is InChI=1S/C13H23N3S/c1-4-11-7-16(6-5-12(11)14)9(2)13-8-17-10(3)15-13/h8-9,11-12H,4-7,14H2,1-3H3. The van der Waals surface area contributed by atoms with E-state index in [0.717, 1.165) is 24.5 Å². The Morgan fingerprint density at radius 2 is 2.41 bits per heavy atom. The van der Waals surface area contributed by atoms with E-state index >= 15 is 0 Å². The summed E-state index contributed by atoms with van der Waals surface area (Å²) < 4.78 is 0. The van der Waals surface area contributed by atoms with Crippen molar-refractivity contribution in [3.8, 4) is 0 Å². The highest BCUT2D eigenvalue weighted by molar-refractivity contribution is 7.09. The van der Waals surface area contributed by atoms with Gasteiger partial charge in [-0.25, -0.2) is 4.98 Å². The molecule has 1 aliphatic heterocycles. The van der Waals surface area contributed by atoms with Crippen molar-refractivity contribution in [1.82, 2.24) is 9.88 Å². The van der Waals surface area contributed by atoms with Crippen molar-refractivity contribution in [1.29, 1.82) is 0 Å². The fraction of sp³-hybridized carbons (Fsp3) is 0.769. The fourth-order valence-corrected chi connectivity index (χ4v) is 3.32. The van der Waals surface area contributed by atoms with Gasteiger partial charge in [0.1, 0.15) is 0 Å². The molecule has 2 rings (SSSR count). The number of likely N-dealkylation sites (tertiary alicyclic amines) is 1. The molecule has 1 saturated heterocycles. The second-order valence-corrected chi connectivity index (χ2v) is 6.15. The van der Waals surface area contributed by atoms with E-state index in [-0.39, 0.29) is 0 Å². The van der Waals surface area contributed by atoms with Gasteiger partial charge in [-0.2, -0.15) is 0 Å². The van der Waals surface area contributed by atoms with E-state index in [1.54, 1.807) is 11.3 Å². The van der Waals surface area contributed by atoms with E-state index in [2.05, 4.69) is 36.0 Å². The number of aryl methyl sites for hydroxylation is 1. The molecule has 0 saturated carbocycles. The summed E-state index contributed by atoms with van der Waals surface area (Å²) in [6, 6.07) is 0.821. The van der Waals surface area contributed by atoms with E-state index in [1.165, 1.54) is 12.1 Å². The van der Waals surface area contributed by atoms with Gasteiger partial charge < -0.3 is 5.73 Å². The summed E-state index contributed by atoms with van der Waals surface area (Å²) in [5.41, 5.74) is 7.37. The molecule has 3 nitrogen and oxygen atoms in total. The number of hydrogen-bond donors (Lipinski definition) is 1. The van der Waals surface area contributed by atoms with Crippen LogP contribution in [0, 0.1) is 12.8 Å². The average molecular weight is 253 g/mol. The van der Waals surface area contributed by atoms with E-state index in [1.807, 2.05) is 0 Å². The molecule has 1 aromatic heterocycles. The third-order valence-electron chi connectivity index (χ3n) is 3.96. The van der Waals surface area contributed by atoms with Gasteiger partial charge in [0.2, 0.25) is 0 Å². The second kappa shape index (κ2) is 5.46. The Hall–Kier alpha value is -0.450. The number of thiazole rings is 1. The van der Waals surface area contributed by atoms with E-state index < -0.39 is 0 Å². The topological polar surface area (TPSA) is 42.2 Å². The van der Waals surface area contributed by atoms with Crippen LogP contribution in [0.1, 0.15) is 43.4 Å². The molecule has 0 bridgehead atoms. The summed E-state index contributed by atoms with van der Waals surface area (Å²) in [5.74, 6) is 0.644. The van der Waals surface area contributed by atoms with Gasteiger partial charge >= 0.3 is 0 Å². The molecule has 0 aromatic carbocycles. The Morgan fingerprint density at radius 3 is 3.00 bits per heavy atom. The largest absolute Gasteiger partial charge is 0.327 e. The van der Waals surface area contributed by atoms with Gasteiger partial charge in [-0.3, -0.25) is 4.90 Å². The van der Waals surface area contributed by atoms with Crippen LogP contribution in [0.4, 0.5) is 0 Å². The predicted molar refractivity (Wildman–Crippen MR) is 73.2 cm³/mol. The molecule has 0 radical (unpaired) electrons. The van der Waals surface area contributed by atoms with Crippen molar-refractivity contribution in [3.63, 3.8) is 0 Å². The number of nitrogens with zero attached hydrogens (tertiary/aromatic N) is 2. The maximum absolute atomic E-state index is 6.15. The highest BCUT2D eigenvalue weighted by atomic mass is 32.1. The number of hydrogen-bond acceptors (Lipinski definition) is 4. The zero-order valence-corrected chi connectivity index (χ0v) is 11.8. The lowest BCUT2D eigenvalue weighted by Gasteiger charge is -2.39. The molecule has 0 spiro atoms. The molecular weight excluding hydrogens is 230 g/mol. The monoisotopic (exact) mass is 253 g/mol. The summed E-state index contributed by atoms with van der Waals surface area (Å²) in [7, 11) is 0. The van der Waals surface area contributed by atoms with Crippen LogP contribution >= 0.6 is 11.3 Å². The molecule has 1 aliphatic rings. The van der Waals surface area contributed by atoms with Crippen molar-refractivity contribution < 1.29 is 0 Å². The summed E-state index contributed by atoms with van der Waals surface area (Å²) in [6.07, 6.45) is 2.30. The normalized spacial score (nSPS) is 28.2. The lowest BCUT2D eigenvalue weighted by Crippen LogP contribution is -2.47. The first-order valence-electron chi connectivity index (χ1n) is 6.53. The summed E-state index contributed by atoms with van der Waals surface area (Å²) in [5, 5.41) is 3.35. The molecule has 2 N–H and O–H groups in total. The maximum atomic E-state index is 6.15. The zero-order valence-electron chi connectivity index (χ0n) is 11.0. The van der Waals surface area contributed by atoms with Gasteiger partial charge in [0.15, 0.2) is 0 Å². The number of piperidine rings is 1. The molecule has 0 amide bonds. The average Bonchev–Trinajstić information content (AvgIpc) is 2.75. The van der Waals surface area contributed by atoms with Crippen molar-refractivity contribution in [3.05, 3.63) is 16.1 Å². The second-order valence-electron chi connectivity index (χ2n) is 5.08. The highest BCUT2D eigenvalue weighted by Gasteiger charge is 2.29. The number of rotatable bonds is 3. The first-order chi connectivity index (χ1) is 8.11. The zero-order chi connectivity index (χ0) is 12.4. The Balaban J connectivity index is 2.03. The molecule has 4 heteroatoms. The Kier molecular flexibility index (Phi) is 4.17. The Morgan fingerprint density at radius 1 is 1.65 bits per heavy atom. The Bertz CT molecular complexity index is 363. The van der Waals surface area contributed by atoms with Gasteiger partial charge in [0.05, 0.1) is 16.7 Å². The van der Waals surface area contributed by atoms with Crippen LogP contribution in [-0.2, 0) is 0 Å². The minimum atomic E-state index is 0.389. The quantitative estimate of drug-likeness (QED) is 0.900. The smallest absolute Gasteiger partial charge is 0.0898 e.